The predicted octanol–water partition coefficient (Wildman–Crippen LogP) is 4.16. The van der Waals surface area contributed by atoms with Gasteiger partial charge in [0.15, 0.2) is 0 Å². The van der Waals surface area contributed by atoms with Gasteiger partial charge < -0.3 is 0 Å². The quantitative estimate of drug-likeness (QED) is 0.687. The summed E-state index contributed by atoms with van der Waals surface area (Å²) < 4.78 is 0. The summed E-state index contributed by atoms with van der Waals surface area (Å²) in [6.07, 6.45) is 5.33. The first-order chi connectivity index (χ1) is 7.70. The fourth-order valence-electron chi connectivity index (χ4n) is 2.66. The van der Waals surface area contributed by atoms with E-state index in [4.69, 9.17) is 5.26 Å². The highest BCUT2D eigenvalue weighted by molar-refractivity contribution is 5.40. The molecule has 0 unspecified atom stereocenters. The van der Waals surface area contributed by atoms with Crippen molar-refractivity contribution in [1.82, 2.24) is 0 Å². The third kappa shape index (κ3) is 2.27. The molecule has 0 N–H and O–H groups in total. The maximum atomic E-state index is 8.90. The summed E-state index contributed by atoms with van der Waals surface area (Å²) in [6, 6.07) is 8.56. The van der Waals surface area contributed by atoms with Gasteiger partial charge in [-0.15, -0.1) is 0 Å². The Kier molecular flexibility index (Phi) is 3.29. The van der Waals surface area contributed by atoms with Crippen molar-refractivity contribution in [2.45, 2.75) is 45.4 Å². The van der Waals surface area contributed by atoms with Crippen LogP contribution in [0.2, 0.25) is 0 Å². The van der Waals surface area contributed by atoms with Gasteiger partial charge in [0.05, 0.1) is 11.6 Å². The molecule has 0 heterocycles. The number of aryl methyl sites for hydroxylation is 1. The first-order valence-electron chi connectivity index (χ1n) is 6.21. The van der Waals surface area contributed by atoms with Crippen LogP contribution in [-0.2, 0) is 0 Å². The topological polar surface area (TPSA) is 23.8 Å². The van der Waals surface area contributed by atoms with E-state index in [0.717, 1.165) is 23.0 Å². The van der Waals surface area contributed by atoms with Gasteiger partial charge in [-0.1, -0.05) is 31.9 Å². The molecule has 1 saturated carbocycles. The van der Waals surface area contributed by atoms with Crippen LogP contribution in [-0.4, -0.2) is 0 Å². The molecule has 0 aromatic heterocycles. The molecule has 0 amide bonds. The summed E-state index contributed by atoms with van der Waals surface area (Å²) in [5.41, 5.74) is 3.37. The molecule has 1 aliphatic rings. The Morgan fingerprint density at radius 1 is 1.19 bits per heavy atom. The van der Waals surface area contributed by atoms with Crippen molar-refractivity contribution in [1.29, 1.82) is 5.26 Å². The zero-order chi connectivity index (χ0) is 11.5. The van der Waals surface area contributed by atoms with E-state index in [1.807, 2.05) is 13.0 Å². The van der Waals surface area contributed by atoms with Gasteiger partial charge in [-0.2, -0.15) is 5.26 Å². The Morgan fingerprint density at radius 3 is 2.44 bits per heavy atom. The van der Waals surface area contributed by atoms with Crippen molar-refractivity contribution in [3.8, 4) is 6.07 Å². The highest BCUT2D eigenvalue weighted by Gasteiger charge is 2.19. The standard InChI is InChI=1S/C15H19N/c1-11-3-5-13(6-4-11)14-7-8-15(10-16)12(2)9-14/h7-9,11,13H,3-6H2,1-2H3. The fourth-order valence-corrected chi connectivity index (χ4v) is 2.66. The van der Waals surface area contributed by atoms with Crippen LogP contribution in [0.25, 0.3) is 0 Å². The minimum atomic E-state index is 0.725. The molecule has 1 aliphatic carbocycles. The van der Waals surface area contributed by atoms with Gasteiger partial charge in [-0.25, -0.2) is 0 Å². The van der Waals surface area contributed by atoms with Crippen LogP contribution in [0.1, 0.15) is 55.2 Å². The summed E-state index contributed by atoms with van der Waals surface area (Å²) in [5, 5.41) is 8.90. The molecular weight excluding hydrogens is 194 g/mol. The number of hydrogen-bond acceptors (Lipinski definition) is 1. The van der Waals surface area contributed by atoms with E-state index in [-0.39, 0.29) is 0 Å². The van der Waals surface area contributed by atoms with Crippen LogP contribution in [0.4, 0.5) is 0 Å². The van der Waals surface area contributed by atoms with Crippen LogP contribution in [0.5, 0.6) is 0 Å². The summed E-state index contributed by atoms with van der Waals surface area (Å²) in [5.74, 6) is 1.62. The lowest BCUT2D eigenvalue weighted by Crippen LogP contribution is -2.11. The minimum Gasteiger partial charge on any atom is -0.192 e. The third-order valence-electron chi connectivity index (χ3n) is 3.86. The number of hydrogen-bond donors (Lipinski definition) is 0. The van der Waals surface area contributed by atoms with E-state index in [2.05, 4.69) is 25.1 Å². The Hall–Kier alpha value is -1.29. The molecule has 1 aromatic carbocycles. The van der Waals surface area contributed by atoms with Gasteiger partial charge >= 0.3 is 0 Å². The van der Waals surface area contributed by atoms with Crippen LogP contribution in [0.15, 0.2) is 18.2 Å². The van der Waals surface area contributed by atoms with Gasteiger partial charge in [0, 0.05) is 0 Å². The van der Waals surface area contributed by atoms with E-state index in [0.29, 0.717) is 0 Å². The lowest BCUT2D eigenvalue weighted by Gasteiger charge is -2.26. The number of benzene rings is 1. The second-order valence-electron chi connectivity index (χ2n) is 5.14. The number of nitrogens with zero attached hydrogens (tertiary/aromatic N) is 1. The average Bonchev–Trinajstić information content (AvgIpc) is 2.30. The van der Waals surface area contributed by atoms with Gasteiger partial charge in [-0.3, -0.25) is 0 Å². The molecule has 1 heteroatoms. The molecule has 0 radical (unpaired) electrons. The fraction of sp³-hybridized carbons (Fsp3) is 0.533. The largest absolute Gasteiger partial charge is 0.192 e. The van der Waals surface area contributed by atoms with Gasteiger partial charge in [0.2, 0.25) is 0 Å². The van der Waals surface area contributed by atoms with Crippen molar-refractivity contribution in [3.05, 3.63) is 34.9 Å². The summed E-state index contributed by atoms with van der Waals surface area (Å²) in [4.78, 5) is 0. The Bertz CT molecular complexity index is 406. The second kappa shape index (κ2) is 4.70. The predicted molar refractivity (Wildman–Crippen MR) is 66.3 cm³/mol. The SMILES string of the molecule is Cc1cc(C2CCC(C)CC2)ccc1C#N. The molecule has 0 aliphatic heterocycles. The van der Waals surface area contributed by atoms with Crippen molar-refractivity contribution in [2.24, 2.45) is 5.92 Å². The lowest BCUT2D eigenvalue weighted by molar-refractivity contribution is 0.348. The highest BCUT2D eigenvalue weighted by Crippen LogP contribution is 2.35. The molecule has 2 rings (SSSR count). The molecule has 0 spiro atoms. The van der Waals surface area contributed by atoms with Crippen LogP contribution in [0, 0.1) is 24.2 Å². The average molecular weight is 213 g/mol. The molecular formula is C15H19N. The number of rotatable bonds is 1. The Balaban J connectivity index is 2.16. The molecule has 1 aromatic rings. The monoisotopic (exact) mass is 213 g/mol. The maximum Gasteiger partial charge on any atom is 0.0994 e. The molecule has 16 heavy (non-hydrogen) atoms. The van der Waals surface area contributed by atoms with E-state index in [1.54, 1.807) is 0 Å². The Labute approximate surface area is 98.1 Å². The normalized spacial score (nSPS) is 25.1. The van der Waals surface area contributed by atoms with E-state index < -0.39 is 0 Å². The first kappa shape index (κ1) is 11.2. The van der Waals surface area contributed by atoms with Crippen molar-refractivity contribution in [3.63, 3.8) is 0 Å². The zero-order valence-electron chi connectivity index (χ0n) is 10.2. The van der Waals surface area contributed by atoms with Crippen molar-refractivity contribution >= 4 is 0 Å². The summed E-state index contributed by atoms with van der Waals surface area (Å²) >= 11 is 0. The van der Waals surface area contributed by atoms with Gasteiger partial charge in [-0.05, 0) is 48.8 Å². The van der Waals surface area contributed by atoms with Crippen molar-refractivity contribution < 1.29 is 0 Å². The smallest absolute Gasteiger partial charge is 0.0994 e. The summed E-state index contributed by atoms with van der Waals surface area (Å²) in [6.45, 7) is 4.38. The van der Waals surface area contributed by atoms with Crippen LogP contribution in [0.3, 0.4) is 0 Å². The first-order valence-corrected chi connectivity index (χ1v) is 6.21. The number of nitriles is 1. The minimum absolute atomic E-state index is 0.725. The molecule has 1 nitrogen and oxygen atoms in total. The molecule has 0 bridgehead atoms. The summed E-state index contributed by atoms with van der Waals surface area (Å²) in [7, 11) is 0. The molecule has 0 saturated heterocycles. The van der Waals surface area contributed by atoms with E-state index in [1.165, 1.54) is 31.2 Å². The van der Waals surface area contributed by atoms with E-state index >= 15 is 0 Å². The Morgan fingerprint density at radius 2 is 1.88 bits per heavy atom. The highest BCUT2D eigenvalue weighted by atomic mass is 14.3. The van der Waals surface area contributed by atoms with Crippen LogP contribution < -0.4 is 0 Å². The second-order valence-corrected chi connectivity index (χ2v) is 5.14. The molecule has 1 fully saturated rings. The van der Waals surface area contributed by atoms with Crippen molar-refractivity contribution in [2.75, 3.05) is 0 Å². The zero-order valence-corrected chi connectivity index (χ0v) is 10.2. The lowest BCUT2D eigenvalue weighted by atomic mass is 9.79. The van der Waals surface area contributed by atoms with E-state index in [9.17, 15) is 0 Å². The van der Waals surface area contributed by atoms with Gasteiger partial charge in [0.1, 0.15) is 0 Å². The maximum absolute atomic E-state index is 8.90. The molecule has 84 valence electrons. The van der Waals surface area contributed by atoms with Gasteiger partial charge in [0.25, 0.3) is 0 Å². The third-order valence-corrected chi connectivity index (χ3v) is 3.86. The van der Waals surface area contributed by atoms with Crippen LogP contribution >= 0.6 is 0 Å². The molecule has 0 atom stereocenters.